The summed E-state index contributed by atoms with van der Waals surface area (Å²) >= 11 is 0. The number of nitrogens with zero attached hydrogens (tertiary/aromatic N) is 2. The van der Waals surface area contributed by atoms with E-state index < -0.39 is 5.54 Å². The first-order valence-corrected chi connectivity index (χ1v) is 10.6. The fourth-order valence-electron chi connectivity index (χ4n) is 3.99. The predicted octanol–water partition coefficient (Wildman–Crippen LogP) is 3.98. The molecule has 4 rings (SSSR count). The Morgan fingerprint density at radius 1 is 0.844 bits per heavy atom. The number of benzene rings is 3. The van der Waals surface area contributed by atoms with Crippen molar-refractivity contribution in [3.05, 3.63) is 114 Å². The molecule has 4 aromatic rings. The quantitative estimate of drug-likeness (QED) is 0.374. The highest BCUT2D eigenvalue weighted by atomic mass is 16.1. The molecule has 0 fully saturated rings. The van der Waals surface area contributed by atoms with Gasteiger partial charge in [-0.3, -0.25) is 9.48 Å². The first-order chi connectivity index (χ1) is 15.6. The first kappa shape index (κ1) is 21.3. The predicted molar refractivity (Wildman–Crippen MR) is 129 cm³/mol. The molecule has 0 atom stereocenters. The maximum atomic E-state index is 12.3. The van der Waals surface area contributed by atoms with E-state index in [2.05, 4.69) is 57.4 Å². The van der Waals surface area contributed by atoms with E-state index in [-0.39, 0.29) is 12.5 Å². The number of rotatable bonds is 8. The van der Waals surface area contributed by atoms with Crippen LogP contribution in [0.4, 0.5) is 11.5 Å². The van der Waals surface area contributed by atoms with Crippen molar-refractivity contribution in [1.82, 2.24) is 15.1 Å². The number of aromatic nitrogens is 2. The summed E-state index contributed by atoms with van der Waals surface area (Å²) in [4.78, 5) is 12.3. The molecule has 0 radical (unpaired) electrons. The van der Waals surface area contributed by atoms with Gasteiger partial charge in [0, 0.05) is 7.05 Å². The first-order valence-electron chi connectivity index (χ1n) is 10.6. The molecule has 0 spiro atoms. The normalized spacial score (nSPS) is 11.2. The zero-order valence-electron chi connectivity index (χ0n) is 18.2. The Kier molecular flexibility index (Phi) is 6.33. The molecule has 1 aromatic heterocycles. The summed E-state index contributed by atoms with van der Waals surface area (Å²) in [5, 5.41) is 14.0. The van der Waals surface area contributed by atoms with E-state index in [1.807, 2.05) is 61.6 Å². The smallest absolute Gasteiger partial charge is 0.238 e. The fraction of sp³-hybridized carbons (Fsp3) is 0.154. The Morgan fingerprint density at radius 3 is 1.75 bits per heavy atom. The standard InChI is InChI=1S/C26H27N5O/c1-27-19-24(32)29-23-18-28-31(2)25(23)30-26(20-12-6-3-7-13-20,21-14-8-4-9-15-21)22-16-10-5-11-17-22/h3-18,27,30H,19H2,1-2H3,(H,29,32). The van der Waals surface area contributed by atoms with Crippen LogP contribution < -0.4 is 16.0 Å². The van der Waals surface area contributed by atoms with Gasteiger partial charge in [0.15, 0.2) is 0 Å². The second-order valence-corrected chi connectivity index (χ2v) is 7.58. The molecule has 0 aliphatic carbocycles. The van der Waals surface area contributed by atoms with E-state index in [1.54, 1.807) is 17.9 Å². The zero-order chi connectivity index (χ0) is 22.4. The van der Waals surface area contributed by atoms with Crippen molar-refractivity contribution < 1.29 is 4.79 Å². The Balaban J connectivity index is 1.92. The third kappa shape index (κ3) is 4.13. The molecule has 6 nitrogen and oxygen atoms in total. The lowest BCUT2D eigenvalue weighted by atomic mass is 9.77. The Hall–Kier alpha value is -3.90. The summed E-state index contributed by atoms with van der Waals surface area (Å²) < 4.78 is 1.75. The van der Waals surface area contributed by atoms with Crippen LogP contribution in [0.15, 0.2) is 97.2 Å². The summed E-state index contributed by atoms with van der Waals surface area (Å²) in [5.74, 6) is 0.583. The van der Waals surface area contributed by atoms with E-state index in [0.29, 0.717) is 11.5 Å². The molecule has 32 heavy (non-hydrogen) atoms. The summed E-state index contributed by atoms with van der Waals surface area (Å²) in [6.07, 6.45) is 1.67. The minimum atomic E-state index is -0.708. The molecular weight excluding hydrogens is 398 g/mol. The van der Waals surface area contributed by atoms with Crippen molar-refractivity contribution in [2.45, 2.75) is 5.54 Å². The molecule has 0 aliphatic rings. The average molecular weight is 426 g/mol. The maximum Gasteiger partial charge on any atom is 0.238 e. The van der Waals surface area contributed by atoms with Crippen LogP contribution in [0.1, 0.15) is 16.7 Å². The Morgan fingerprint density at radius 2 is 1.31 bits per heavy atom. The lowest BCUT2D eigenvalue weighted by Gasteiger charge is -2.38. The molecule has 0 saturated heterocycles. The molecule has 6 heteroatoms. The number of carbonyl (C=O) groups excluding carboxylic acids is 1. The van der Waals surface area contributed by atoms with Crippen LogP contribution >= 0.6 is 0 Å². The second-order valence-electron chi connectivity index (χ2n) is 7.58. The third-order valence-corrected chi connectivity index (χ3v) is 5.48. The molecule has 0 unspecified atom stereocenters. The van der Waals surface area contributed by atoms with E-state index in [0.717, 1.165) is 16.7 Å². The van der Waals surface area contributed by atoms with E-state index in [1.165, 1.54) is 0 Å². The summed E-state index contributed by atoms with van der Waals surface area (Å²) in [6, 6.07) is 30.9. The molecular formula is C26H27N5O. The minimum Gasteiger partial charge on any atom is -0.351 e. The largest absolute Gasteiger partial charge is 0.351 e. The van der Waals surface area contributed by atoms with Crippen molar-refractivity contribution >= 4 is 17.4 Å². The number of likely N-dealkylation sites (N-methyl/N-ethyl adjacent to an activating group) is 1. The van der Waals surface area contributed by atoms with E-state index in [4.69, 9.17) is 0 Å². The molecule has 1 amide bonds. The SMILES string of the molecule is CNCC(=O)Nc1cnn(C)c1NC(c1ccccc1)(c1ccccc1)c1ccccc1. The Labute approximate surface area is 188 Å². The topological polar surface area (TPSA) is 71.0 Å². The van der Waals surface area contributed by atoms with Gasteiger partial charge in [-0.15, -0.1) is 0 Å². The van der Waals surface area contributed by atoms with Gasteiger partial charge in [-0.25, -0.2) is 0 Å². The second kappa shape index (κ2) is 9.49. The van der Waals surface area contributed by atoms with Crippen molar-refractivity contribution in [2.75, 3.05) is 24.2 Å². The van der Waals surface area contributed by atoms with Gasteiger partial charge in [0.2, 0.25) is 5.91 Å². The molecule has 162 valence electrons. The monoisotopic (exact) mass is 425 g/mol. The average Bonchev–Trinajstić information content (AvgIpc) is 3.17. The van der Waals surface area contributed by atoms with Gasteiger partial charge in [0.25, 0.3) is 0 Å². The number of carbonyl (C=O) groups is 1. The van der Waals surface area contributed by atoms with Gasteiger partial charge in [-0.05, 0) is 23.7 Å². The van der Waals surface area contributed by atoms with Crippen molar-refractivity contribution in [3.8, 4) is 0 Å². The number of amides is 1. The molecule has 0 aliphatic heterocycles. The number of hydrogen-bond donors (Lipinski definition) is 3. The highest BCUT2D eigenvalue weighted by molar-refractivity contribution is 5.95. The summed E-state index contributed by atoms with van der Waals surface area (Å²) in [6.45, 7) is 0.218. The highest BCUT2D eigenvalue weighted by Crippen LogP contribution is 2.41. The van der Waals surface area contributed by atoms with Gasteiger partial charge in [-0.2, -0.15) is 5.10 Å². The number of anilines is 2. The summed E-state index contributed by atoms with van der Waals surface area (Å²) in [7, 11) is 3.61. The highest BCUT2D eigenvalue weighted by Gasteiger charge is 2.37. The molecule has 0 saturated carbocycles. The molecule has 1 heterocycles. The van der Waals surface area contributed by atoms with Crippen molar-refractivity contribution in [3.63, 3.8) is 0 Å². The van der Waals surface area contributed by atoms with Gasteiger partial charge in [0.1, 0.15) is 17.0 Å². The molecule has 0 bridgehead atoms. The van der Waals surface area contributed by atoms with Crippen LogP contribution in [0.2, 0.25) is 0 Å². The number of hydrogen-bond acceptors (Lipinski definition) is 4. The van der Waals surface area contributed by atoms with Crippen LogP contribution in [0.3, 0.4) is 0 Å². The zero-order valence-corrected chi connectivity index (χ0v) is 18.2. The number of nitrogens with one attached hydrogen (secondary N) is 3. The fourth-order valence-corrected chi connectivity index (χ4v) is 3.99. The number of aryl methyl sites for hydroxylation is 1. The van der Waals surface area contributed by atoms with Crippen molar-refractivity contribution in [1.29, 1.82) is 0 Å². The van der Waals surface area contributed by atoms with Gasteiger partial charge < -0.3 is 16.0 Å². The van der Waals surface area contributed by atoms with Crippen molar-refractivity contribution in [2.24, 2.45) is 7.05 Å². The van der Waals surface area contributed by atoms with E-state index >= 15 is 0 Å². The summed E-state index contributed by atoms with van der Waals surface area (Å²) in [5.41, 5.74) is 3.14. The van der Waals surface area contributed by atoms with Crippen LogP contribution in [-0.4, -0.2) is 29.3 Å². The van der Waals surface area contributed by atoms with Crippen LogP contribution in [0.25, 0.3) is 0 Å². The van der Waals surface area contributed by atoms with Crippen LogP contribution in [0, 0.1) is 0 Å². The maximum absolute atomic E-state index is 12.3. The molecule has 3 aromatic carbocycles. The molecule has 3 N–H and O–H groups in total. The van der Waals surface area contributed by atoms with Crippen LogP contribution in [0.5, 0.6) is 0 Å². The van der Waals surface area contributed by atoms with E-state index in [9.17, 15) is 4.79 Å². The van der Waals surface area contributed by atoms with Gasteiger partial charge in [-0.1, -0.05) is 91.0 Å². The third-order valence-electron chi connectivity index (χ3n) is 5.48. The lowest BCUT2D eigenvalue weighted by Crippen LogP contribution is -2.39. The lowest BCUT2D eigenvalue weighted by molar-refractivity contribution is -0.115. The van der Waals surface area contributed by atoms with Gasteiger partial charge in [0.05, 0.1) is 12.7 Å². The van der Waals surface area contributed by atoms with Crippen LogP contribution in [-0.2, 0) is 17.4 Å². The Bertz CT molecular complexity index is 1060. The minimum absolute atomic E-state index is 0.131. The van der Waals surface area contributed by atoms with Gasteiger partial charge >= 0.3 is 0 Å².